The number of fused-ring (bicyclic) bond motifs is 1. The maximum atomic E-state index is 5.71. The van der Waals surface area contributed by atoms with E-state index in [4.69, 9.17) is 11.5 Å². The van der Waals surface area contributed by atoms with Gasteiger partial charge in [-0.25, -0.2) is 4.63 Å². The van der Waals surface area contributed by atoms with Gasteiger partial charge in [-0.1, -0.05) is 42.5 Å². The van der Waals surface area contributed by atoms with Gasteiger partial charge in [-0.3, -0.25) is 0 Å². The number of aromatic nitrogens is 2. The van der Waals surface area contributed by atoms with Gasteiger partial charge in [0.1, 0.15) is 0 Å². The van der Waals surface area contributed by atoms with Crippen molar-refractivity contribution in [3.05, 3.63) is 53.7 Å². The first-order valence-electron chi connectivity index (χ1n) is 6.18. The number of anilines is 1. The van der Waals surface area contributed by atoms with E-state index >= 15 is 0 Å². The zero-order valence-corrected chi connectivity index (χ0v) is 11.0. The molecule has 104 valence electrons. The van der Waals surface area contributed by atoms with Crippen molar-refractivity contribution in [3.63, 3.8) is 0 Å². The van der Waals surface area contributed by atoms with E-state index in [9.17, 15) is 0 Å². The Morgan fingerprint density at radius 1 is 1.10 bits per heavy atom. The topological polar surface area (TPSA) is 116 Å². The van der Waals surface area contributed by atoms with Gasteiger partial charge in [0.15, 0.2) is 17.3 Å². The number of hydrogen-bond donors (Lipinski definition) is 2. The van der Waals surface area contributed by atoms with E-state index in [-0.39, 0.29) is 17.3 Å². The van der Waals surface area contributed by atoms with Crippen molar-refractivity contribution in [2.24, 2.45) is 15.9 Å². The van der Waals surface area contributed by atoms with Crippen LogP contribution in [0.2, 0.25) is 0 Å². The molecule has 0 amide bonds. The molecule has 21 heavy (non-hydrogen) atoms. The molecule has 1 heterocycles. The molecule has 0 atom stereocenters. The third-order valence-electron chi connectivity index (χ3n) is 2.94. The van der Waals surface area contributed by atoms with E-state index in [2.05, 4.69) is 25.1 Å². The molecule has 0 aliphatic rings. The van der Waals surface area contributed by atoms with E-state index in [0.29, 0.717) is 0 Å². The lowest BCUT2D eigenvalue weighted by atomic mass is 10.1. The van der Waals surface area contributed by atoms with Gasteiger partial charge in [0.25, 0.3) is 0 Å². The van der Waals surface area contributed by atoms with Gasteiger partial charge in [-0.15, -0.1) is 5.10 Å². The summed E-state index contributed by atoms with van der Waals surface area (Å²) >= 11 is 0. The summed E-state index contributed by atoms with van der Waals surface area (Å²) in [6.07, 6.45) is 1.62. The SMILES string of the molecule is N/C(=N\N=C\c1cccc2ccccc12)c1nonc1N. The minimum absolute atomic E-state index is 0.0465. The smallest absolute Gasteiger partial charge is 0.199 e. The third kappa shape index (κ3) is 2.57. The Hall–Kier alpha value is -3.22. The largest absolute Gasteiger partial charge is 0.380 e. The lowest BCUT2D eigenvalue weighted by Gasteiger charge is -2.00. The van der Waals surface area contributed by atoms with E-state index in [0.717, 1.165) is 16.3 Å². The molecule has 1 aromatic heterocycles. The summed E-state index contributed by atoms with van der Waals surface area (Å²) < 4.78 is 4.45. The first-order chi connectivity index (χ1) is 10.3. The highest BCUT2D eigenvalue weighted by Gasteiger charge is 2.09. The number of nitrogen functional groups attached to an aromatic ring is 1. The molecule has 3 aromatic rings. The second-order valence-corrected chi connectivity index (χ2v) is 4.30. The van der Waals surface area contributed by atoms with E-state index < -0.39 is 0 Å². The molecule has 2 aromatic carbocycles. The van der Waals surface area contributed by atoms with Crippen LogP contribution in [-0.4, -0.2) is 22.4 Å². The van der Waals surface area contributed by atoms with Crippen LogP contribution in [0.5, 0.6) is 0 Å². The maximum absolute atomic E-state index is 5.71. The van der Waals surface area contributed by atoms with Gasteiger partial charge in [-0.05, 0) is 21.1 Å². The average molecular weight is 280 g/mol. The van der Waals surface area contributed by atoms with Gasteiger partial charge in [0, 0.05) is 5.56 Å². The highest BCUT2D eigenvalue weighted by molar-refractivity contribution is 6.01. The van der Waals surface area contributed by atoms with Gasteiger partial charge in [-0.2, -0.15) is 5.10 Å². The van der Waals surface area contributed by atoms with Crippen LogP contribution in [0.25, 0.3) is 10.8 Å². The lowest BCUT2D eigenvalue weighted by Crippen LogP contribution is -2.15. The molecule has 0 unspecified atom stereocenters. The maximum Gasteiger partial charge on any atom is 0.199 e. The fourth-order valence-electron chi connectivity index (χ4n) is 1.94. The fourth-order valence-corrected chi connectivity index (χ4v) is 1.94. The van der Waals surface area contributed by atoms with Crippen LogP contribution in [0.3, 0.4) is 0 Å². The Kier molecular flexibility index (Phi) is 3.30. The molecular formula is C14H12N6O. The molecule has 0 bridgehead atoms. The summed E-state index contributed by atoms with van der Waals surface area (Å²) in [5.74, 6) is 0.127. The fraction of sp³-hybridized carbons (Fsp3) is 0. The molecular weight excluding hydrogens is 268 g/mol. The van der Waals surface area contributed by atoms with Crippen molar-refractivity contribution < 1.29 is 4.63 Å². The number of hydrogen-bond acceptors (Lipinski definition) is 6. The van der Waals surface area contributed by atoms with Crippen LogP contribution < -0.4 is 11.5 Å². The second-order valence-electron chi connectivity index (χ2n) is 4.30. The number of nitrogens with zero attached hydrogens (tertiary/aromatic N) is 4. The van der Waals surface area contributed by atoms with Gasteiger partial charge in [0.05, 0.1) is 6.21 Å². The summed E-state index contributed by atoms with van der Waals surface area (Å²) in [5.41, 5.74) is 12.4. The molecule has 7 heteroatoms. The highest BCUT2D eigenvalue weighted by atomic mass is 16.6. The van der Waals surface area contributed by atoms with E-state index in [1.165, 1.54) is 0 Å². The summed E-state index contributed by atoms with van der Waals surface area (Å²) in [6, 6.07) is 13.9. The minimum atomic E-state index is 0.0465. The third-order valence-corrected chi connectivity index (χ3v) is 2.94. The molecule has 0 spiro atoms. The zero-order valence-electron chi connectivity index (χ0n) is 11.0. The summed E-state index contributed by atoms with van der Waals surface area (Å²) in [5, 5.41) is 17.0. The Bertz CT molecular complexity index is 831. The van der Waals surface area contributed by atoms with Crippen LogP contribution in [0.4, 0.5) is 5.82 Å². The molecule has 4 N–H and O–H groups in total. The molecule has 0 aliphatic carbocycles. The quantitative estimate of drug-likeness (QED) is 0.429. The van der Waals surface area contributed by atoms with Crippen molar-refractivity contribution in [1.29, 1.82) is 0 Å². The molecule has 0 saturated heterocycles. The Morgan fingerprint density at radius 2 is 1.90 bits per heavy atom. The molecule has 7 nitrogen and oxygen atoms in total. The number of benzene rings is 2. The van der Waals surface area contributed by atoms with Crippen molar-refractivity contribution in [2.75, 3.05) is 5.73 Å². The van der Waals surface area contributed by atoms with Gasteiger partial charge in [0.2, 0.25) is 0 Å². The molecule has 0 aliphatic heterocycles. The Labute approximate surface area is 119 Å². The van der Waals surface area contributed by atoms with Gasteiger partial charge < -0.3 is 11.5 Å². The Morgan fingerprint density at radius 3 is 2.71 bits per heavy atom. The molecule has 3 rings (SSSR count). The van der Waals surface area contributed by atoms with Crippen molar-refractivity contribution in [3.8, 4) is 0 Å². The second kappa shape index (κ2) is 5.41. The predicted molar refractivity (Wildman–Crippen MR) is 81.0 cm³/mol. The van der Waals surface area contributed by atoms with Crippen LogP contribution in [0, 0.1) is 0 Å². The number of nitrogens with two attached hydrogens (primary N) is 2. The normalized spacial score (nSPS) is 12.3. The van der Waals surface area contributed by atoms with Crippen LogP contribution in [0.15, 0.2) is 57.3 Å². The van der Waals surface area contributed by atoms with E-state index in [1.54, 1.807) is 6.21 Å². The number of amidine groups is 1. The lowest BCUT2D eigenvalue weighted by molar-refractivity contribution is 0.308. The number of rotatable bonds is 3. The standard InChI is InChI=1S/C14H12N6O/c15-13(12-14(16)20-21-19-12)18-17-8-10-6-3-5-9-4-1-2-7-11(9)10/h1-8H,(H2,15,18)(H2,16,20)/b17-8+. The average Bonchev–Trinajstić information content (AvgIpc) is 2.93. The zero-order chi connectivity index (χ0) is 14.7. The minimum Gasteiger partial charge on any atom is -0.380 e. The molecule has 0 saturated carbocycles. The highest BCUT2D eigenvalue weighted by Crippen LogP contribution is 2.16. The van der Waals surface area contributed by atoms with Crippen molar-refractivity contribution in [2.45, 2.75) is 0 Å². The Balaban J connectivity index is 1.90. The predicted octanol–water partition coefficient (Wildman–Crippen LogP) is 1.54. The van der Waals surface area contributed by atoms with Crippen LogP contribution >= 0.6 is 0 Å². The van der Waals surface area contributed by atoms with E-state index in [1.807, 2.05) is 42.5 Å². The van der Waals surface area contributed by atoms with Gasteiger partial charge >= 0.3 is 0 Å². The summed E-state index contributed by atoms with van der Waals surface area (Å²) in [7, 11) is 0. The monoisotopic (exact) mass is 280 g/mol. The molecule has 0 radical (unpaired) electrons. The molecule has 0 fully saturated rings. The van der Waals surface area contributed by atoms with Crippen LogP contribution in [-0.2, 0) is 0 Å². The van der Waals surface area contributed by atoms with Crippen molar-refractivity contribution >= 4 is 28.6 Å². The summed E-state index contributed by atoms with van der Waals surface area (Å²) in [4.78, 5) is 0. The first-order valence-corrected chi connectivity index (χ1v) is 6.18. The van der Waals surface area contributed by atoms with Crippen LogP contribution in [0.1, 0.15) is 11.3 Å². The summed E-state index contributed by atoms with van der Waals surface area (Å²) in [6.45, 7) is 0. The van der Waals surface area contributed by atoms with Crippen molar-refractivity contribution in [1.82, 2.24) is 10.3 Å². The first kappa shape index (κ1) is 12.8.